The molecule has 5 nitrogen and oxygen atoms in total. The van der Waals surface area contributed by atoms with Crippen molar-refractivity contribution in [3.05, 3.63) is 29.8 Å². The molecule has 164 valence electrons. The van der Waals surface area contributed by atoms with Crippen molar-refractivity contribution < 1.29 is 14.3 Å². The van der Waals surface area contributed by atoms with E-state index in [1.54, 1.807) is 0 Å². The first-order valence-corrected chi connectivity index (χ1v) is 12.0. The number of carbonyl (C=O) groups is 2. The first kappa shape index (κ1) is 21.2. The second-order valence-electron chi connectivity index (χ2n) is 9.17. The minimum absolute atomic E-state index is 0.119. The lowest BCUT2D eigenvalue weighted by Crippen LogP contribution is -2.60. The van der Waals surface area contributed by atoms with Gasteiger partial charge in [-0.3, -0.25) is 9.59 Å². The van der Waals surface area contributed by atoms with Crippen LogP contribution in [-0.4, -0.2) is 46.8 Å². The number of nitrogens with zero attached hydrogens (tertiary/aromatic N) is 2. The zero-order valence-corrected chi connectivity index (χ0v) is 18.4. The van der Waals surface area contributed by atoms with E-state index in [1.807, 2.05) is 34.1 Å². The van der Waals surface area contributed by atoms with Crippen LogP contribution in [0.5, 0.6) is 5.75 Å². The third-order valence-electron chi connectivity index (χ3n) is 7.08. The molecule has 1 aromatic rings. The summed E-state index contributed by atoms with van der Waals surface area (Å²) in [6.07, 6.45) is 12.1. The SMILES string of the molecule is CCCCOc1ccc(C2C(=O)N(C3CCCCC3)CC(=O)N2C2CCCC2)cc1. The van der Waals surface area contributed by atoms with Crippen LogP contribution in [-0.2, 0) is 9.59 Å². The Morgan fingerprint density at radius 3 is 2.20 bits per heavy atom. The van der Waals surface area contributed by atoms with Gasteiger partial charge in [-0.05, 0) is 49.8 Å². The Morgan fingerprint density at radius 2 is 1.53 bits per heavy atom. The molecule has 0 aromatic heterocycles. The molecule has 0 spiro atoms. The van der Waals surface area contributed by atoms with Crippen LogP contribution in [0.15, 0.2) is 24.3 Å². The molecule has 1 saturated heterocycles. The van der Waals surface area contributed by atoms with E-state index >= 15 is 0 Å². The van der Waals surface area contributed by atoms with E-state index in [-0.39, 0.29) is 30.4 Å². The van der Waals surface area contributed by atoms with E-state index in [4.69, 9.17) is 4.74 Å². The number of rotatable bonds is 7. The van der Waals surface area contributed by atoms with Crippen LogP contribution in [0.2, 0.25) is 0 Å². The van der Waals surface area contributed by atoms with E-state index in [0.29, 0.717) is 6.61 Å². The molecular formula is C25H36N2O3. The molecule has 3 fully saturated rings. The Labute approximate surface area is 180 Å². The molecule has 5 heteroatoms. The molecule has 1 unspecified atom stereocenters. The maximum absolute atomic E-state index is 13.7. The Kier molecular flexibility index (Phi) is 6.96. The van der Waals surface area contributed by atoms with Crippen molar-refractivity contribution in [3.63, 3.8) is 0 Å². The minimum atomic E-state index is -0.485. The number of carbonyl (C=O) groups excluding carboxylic acids is 2. The van der Waals surface area contributed by atoms with E-state index in [0.717, 1.165) is 75.5 Å². The summed E-state index contributed by atoms with van der Waals surface area (Å²) < 4.78 is 5.80. The number of benzene rings is 1. The summed E-state index contributed by atoms with van der Waals surface area (Å²) in [6, 6.07) is 7.82. The topological polar surface area (TPSA) is 49.9 Å². The minimum Gasteiger partial charge on any atom is -0.494 e. The van der Waals surface area contributed by atoms with Crippen molar-refractivity contribution >= 4 is 11.8 Å². The van der Waals surface area contributed by atoms with Crippen LogP contribution < -0.4 is 4.74 Å². The summed E-state index contributed by atoms with van der Waals surface area (Å²) in [7, 11) is 0. The van der Waals surface area contributed by atoms with Crippen molar-refractivity contribution in [2.45, 2.75) is 95.7 Å². The van der Waals surface area contributed by atoms with Gasteiger partial charge < -0.3 is 14.5 Å². The molecule has 0 N–H and O–H groups in total. The fourth-order valence-electron chi connectivity index (χ4n) is 5.41. The predicted molar refractivity (Wildman–Crippen MR) is 117 cm³/mol. The molecule has 1 aliphatic heterocycles. The lowest BCUT2D eigenvalue weighted by Gasteiger charge is -2.46. The average Bonchev–Trinajstić information content (AvgIpc) is 3.30. The highest BCUT2D eigenvalue weighted by atomic mass is 16.5. The number of hydrogen-bond donors (Lipinski definition) is 0. The van der Waals surface area contributed by atoms with Crippen LogP contribution >= 0.6 is 0 Å². The van der Waals surface area contributed by atoms with Gasteiger partial charge in [0.15, 0.2) is 0 Å². The fourth-order valence-corrected chi connectivity index (χ4v) is 5.41. The summed E-state index contributed by atoms with van der Waals surface area (Å²) in [5.41, 5.74) is 0.920. The number of ether oxygens (including phenoxy) is 1. The smallest absolute Gasteiger partial charge is 0.250 e. The van der Waals surface area contributed by atoms with Crippen molar-refractivity contribution in [1.29, 1.82) is 0 Å². The van der Waals surface area contributed by atoms with Crippen LogP contribution in [0.3, 0.4) is 0 Å². The highest BCUT2D eigenvalue weighted by Gasteiger charge is 2.45. The second-order valence-corrected chi connectivity index (χ2v) is 9.17. The molecule has 2 amide bonds. The molecule has 0 radical (unpaired) electrons. The standard InChI is InChI=1S/C25H36N2O3/c1-2-3-17-30-22-15-13-19(14-16-22)24-25(29)26(20-9-5-4-6-10-20)18-23(28)27(24)21-11-7-8-12-21/h13-16,20-21,24H,2-12,17-18H2,1H3. The number of amides is 2. The Balaban J connectivity index is 1.59. The Bertz CT molecular complexity index is 720. The van der Waals surface area contributed by atoms with Gasteiger partial charge in [-0.1, -0.05) is 57.6 Å². The zero-order valence-electron chi connectivity index (χ0n) is 18.4. The first-order valence-electron chi connectivity index (χ1n) is 12.0. The molecule has 2 aliphatic carbocycles. The molecule has 1 heterocycles. The first-order chi connectivity index (χ1) is 14.7. The van der Waals surface area contributed by atoms with Crippen molar-refractivity contribution in [2.24, 2.45) is 0 Å². The highest BCUT2D eigenvalue weighted by molar-refractivity contribution is 5.96. The molecular weight excluding hydrogens is 376 g/mol. The molecule has 0 bridgehead atoms. The van der Waals surface area contributed by atoms with E-state index < -0.39 is 6.04 Å². The maximum atomic E-state index is 13.7. The van der Waals surface area contributed by atoms with Gasteiger partial charge >= 0.3 is 0 Å². The summed E-state index contributed by atoms with van der Waals surface area (Å²) in [4.78, 5) is 30.9. The second kappa shape index (κ2) is 9.84. The average molecular weight is 413 g/mol. The van der Waals surface area contributed by atoms with Gasteiger partial charge in [-0.2, -0.15) is 0 Å². The molecule has 1 aromatic carbocycles. The molecule has 3 aliphatic rings. The van der Waals surface area contributed by atoms with Gasteiger partial charge in [-0.15, -0.1) is 0 Å². The van der Waals surface area contributed by atoms with Gasteiger partial charge in [0.1, 0.15) is 18.3 Å². The van der Waals surface area contributed by atoms with Crippen LogP contribution in [0.25, 0.3) is 0 Å². The van der Waals surface area contributed by atoms with Crippen LogP contribution in [0, 0.1) is 0 Å². The Morgan fingerprint density at radius 1 is 0.900 bits per heavy atom. The largest absolute Gasteiger partial charge is 0.494 e. The third-order valence-corrected chi connectivity index (χ3v) is 7.08. The van der Waals surface area contributed by atoms with E-state index in [9.17, 15) is 9.59 Å². The van der Waals surface area contributed by atoms with Crippen molar-refractivity contribution in [1.82, 2.24) is 9.80 Å². The molecule has 1 atom stereocenters. The summed E-state index contributed by atoms with van der Waals surface area (Å²) in [5, 5.41) is 0. The van der Waals surface area contributed by atoms with Gasteiger partial charge in [0.25, 0.3) is 5.91 Å². The van der Waals surface area contributed by atoms with Crippen molar-refractivity contribution in [3.8, 4) is 5.75 Å². The van der Waals surface area contributed by atoms with Gasteiger partial charge in [0.2, 0.25) is 5.91 Å². The monoisotopic (exact) mass is 412 g/mol. The normalized spacial score (nSPS) is 24.0. The molecule has 2 saturated carbocycles. The molecule has 4 rings (SSSR count). The number of piperazine rings is 1. The number of hydrogen-bond acceptors (Lipinski definition) is 3. The van der Waals surface area contributed by atoms with E-state index in [1.165, 1.54) is 6.42 Å². The maximum Gasteiger partial charge on any atom is 0.250 e. The fraction of sp³-hybridized carbons (Fsp3) is 0.680. The number of unbranched alkanes of at least 4 members (excludes halogenated alkanes) is 1. The summed E-state index contributed by atoms with van der Waals surface area (Å²) in [5.74, 6) is 1.08. The molecule has 30 heavy (non-hydrogen) atoms. The highest BCUT2D eigenvalue weighted by Crippen LogP contribution is 2.37. The van der Waals surface area contributed by atoms with Gasteiger partial charge in [0.05, 0.1) is 6.61 Å². The summed E-state index contributed by atoms with van der Waals surface area (Å²) in [6.45, 7) is 3.11. The van der Waals surface area contributed by atoms with Crippen molar-refractivity contribution in [2.75, 3.05) is 13.2 Å². The van der Waals surface area contributed by atoms with E-state index in [2.05, 4.69) is 6.92 Å². The quantitative estimate of drug-likeness (QED) is 0.602. The van der Waals surface area contributed by atoms with Gasteiger partial charge in [-0.25, -0.2) is 0 Å². The Hall–Kier alpha value is -2.04. The summed E-state index contributed by atoms with van der Waals surface area (Å²) >= 11 is 0. The van der Waals surface area contributed by atoms with Crippen LogP contribution in [0.4, 0.5) is 0 Å². The predicted octanol–water partition coefficient (Wildman–Crippen LogP) is 4.85. The van der Waals surface area contributed by atoms with Crippen LogP contribution in [0.1, 0.15) is 89.2 Å². The lowest BCUT2D eigenvalue weighted by atomic mass is 9.91. The van der Waals surface area contributed by atoms with Gasteiger partial charge in [0, 0.05) is 12.1 Å². The third kappa shape index (κ3) is 4.50. The lowest BCUT2D eigenvalue weighted by molar-refractivity contribution is -0.161. The zero-order chi connectivity index (χ0) is 20.9.